The van der Waals surface area contributed by atoms with Crippen LogP contribution in [0.1, 0.15) is 36.1 Å². The van der Waals surface area contributed by atoms with Gasteiger partial charge in [0, 0.05) is 37.1 Å². The van der Waals surface area contributed by atoms with E-state index in [9.17, 15) is 10.1 Å². The van der Waals surface area contributed by atoms with E-state index in [1.54, 1.807) is 25.2 Å². The van der Waals surface area contributed by atoms with Gasteiger partial charge in [0.25, 0.3) is 0 Å². The highest BCUT2D eigenvalue weighted by molar-refractivity contribution is 5.80. The quantitative estimate of drug-likeness (QED) is 0.683. The molecule has 1 atom stereocenters. The maximum atomic E-state index is 12.1. The number of nitriles is 1. The fraction of sp³-hybridized carbons (Fsp3) is 0.429. The van der Waals surface area contributed by atoms with E-state index in [4.69, 9.17) is 15.7 Å². The van der Waals surface area contributed by atoms with Crippen LogP contribution < -0.4 is 21.3 Å². The molecule has 1 amide bonds. The summed E-state index contributed by atoms with van der Waals surface area (Å²) in [4.78, 5) is 23.8. The minimum absolute atomic E-state index is 0.0160. The van der Waals surface area contributed by atoms with Gasteiger partial charge in [-0.05, 0) is 50.3 Å². The maximum absolute atomic E-state index is 12.1. The summed E-state index contributed by atoms with van der Waals surface area (Å²) in [6.07, 6.45) is 4.95. The van der Waals surface area contributed by atoms with Crippen LogP contribution in [0.3, 0.4) is 0 Å². The monoisotopic (exact) mass is 391 g/mol. The van der Waals surface area contributed by atoms with Gasteiger partial charge in [0.05, 0.1) is 23.2 Å². The first kappa shape index (κ1) is 19.0. The largest absolute Gasteiger partial charge is 0.399 e. The Hall–Kier alpha value is -3.34. The maximum Gasteiger partial charge on any atom is 0.229 e. The van der Waals surface area contributed by atoms with Crippen molar-refractivity contribution in [1.82, 2.24) is 15.3 Å². The molecule has 1 aromatic carbocycles. The van der Waals surface area contributed by atoms with E-state index >= 15 is 0 Å². The molecule has 8 heteroatoms. The molecule has 8 nitrogen and oxygen atoms in total. The molecule has 1 aliphatic heterocycles. The summed E-state index contributed by atoms with van der Waals surface area (Å²) in [5, 5.41) is 15.2. The number of rotatable bonds is 4. The van der Waals surface area contributed by atoms with Crippen LogP contribution in [0, 0.1) is 17.2 Å². The van der Waals surface area contributed by atoms with Crippen LogP contribution in [0.5, 0.6) is 0 Å². The van der Waals surface area contributed by atoms with Crippen LogP contribution in [0.25, 0.3) is 0 Å². The fourth-order valence-corrected chi connectivity index (χ4v) is 4.18. The number of amides is 1. The Labute approximate surface area is 170 Å². The summed E-state index contributed by atoms with van der Waals surface area (Å²) >= 11 is 0. The Bertz CT molecular complexity index is 982. The lowest BCUT2D eigenvalue weighted by atomic mass is 9.96. The van der Waals surface area contributed by atoms with E-state index in [1.807, 2.05) is 0 Å². The highest BCUT2D eigenvalue weighted by atomic mass is 16.1. The minimum atomic E-state index is -0.0160. The molecule has 0 radical (unpaired) electrons. The van der Waals surface area contributed by atoms with Gasteiger partial charge in [-0.1, -0.05) is 0 Å². The third-order valence-corrected chi connectivity index (χ3v) is 5.61. The highest BCUT2D eigenvalue weighted by Crippen LogP contribution is 2.33. The molecule has 1 aliphatic carbocycles. The fourth-order valence-electron chi connectivity index (χ4n) is 4.18. The zero-order valence-electron chi connectivity index (χ0n) is 16.5. The van der Waals surface area contributed by atoms with Crippen molar-refractivity contribution in [1.29, 1.82) is 5.26 Å². The number of nitrogens with two attached hydrogens (primary N) is 1. The van der Waals surface area contributed by atoms with Crippen molar-refractivity contribution in [2.75, 3.05) is 36.1 Å². The third kappa shape index (κ3) is 3.94. The summed E-state index contributed by atoms with van der Waals surface area (Å²) in [7, 11) is 1.68. The van der Waals surface area contributed by atoms with E-state index in [0.717, 1.165) is 50.2 Å². The number of carbonyl (C=O) groups excluding carboxylic acids is 1. The number of nitrogens with zero attached hydrogens (tertiary/aromatic N) is 4. The van der Waals surface area contributed by atoms with Gasteiger partial charge in [-0.2, -0.15) is 10.2 Å². The predicted octanol–water partition coefficient (Wildman–Crippen LogP) is 2.13. The van der Waals surface area contributed by atoms with Crippen molar-refractivity contribution in [2.24, 2.45) is 5.92 Å². The SMILES string of the molecule is CNC(=O)[C@H]1CCN(c2nc(Nc3cc(N)cc(C#N)c3)nc3c2CCCC3)C1. The number of hydrogen-bond acceptors (Lipinski definition) is 7. The molecule has 1 aromatic heterocycles. The molecule has 0 spiro atoms. The summed E-state index contributed by atoms with van der Waals surface area (Å²) in [6, 6.07) is 7.24. The topological polar surface area (TPSA) is 120 Å². The van der Waals surface area contributed by atoms with Crippen molar-refractivity contribution >= 4 is 29.0 Å². The number of hydrogen-bond donors (Lipinski definition) is 3. The summed E-state index contributed by atoms with van der Waals surface area (Å²) in [5.41, 5.74) is 9.86. The van der Waals surface area contributed by atoms with E-state index in [0.29, 0.717) is 29.4 Å². The van der Waals surface area contributed by atoms with Gasteiger partial charge in [-0.3, -0.25) is 4.79 Å². The van der Waals surface area contributed by atoms with E-state index in [-0.39, 0.29) is 11.8 Å². The van der Waals surface area contributed by atoms with Crippen LogP contribution in [0.4, 0.5) is 23.1 Å². The van der Waals surface area contributed by atoms with Crippen molar-refractivity contribution in [2.45, 2.75) is 32.1 Å². The molecule has 2 aromatic rings. The number of aromatic nitrogens is 2. The van der Waals surface area contributed by atoms with Gasteiger partial charge in [-0.25, -0.2) is 4.98 Å². The number of nitrogens with one attached hydrogen (secondary N) is 2. The molecule has 0 saturated carbocycles. The average molecular weight is 391 g/mol. The molecular formula is C21H25N7O. The first-order chi connectivity index (χ1) is 14.1. The van der Waals surface area contributed by atoms with Gasteiger partial charge in [0.1, 0.15) is 5.82 Å². The number of carbonyl (C=O) groups is 1. The molecule has 0 unspecified atom stereocenters. The molecule has 4 N–H and O–H groups in total. The Balaban J connectivity index is 1.66. The average Bonchev–Trinajstić information content (AvgIpc) is 3.22. The van der Waals surface area contributed by atoms with Gasteiger partial charge < -0.3 is 21.3 Å². The minimum Gasteiger partial charge on any atom is -0.399 e. The number of aryl methyl sites for hydroxylation is 1. The molecule has 1 saturated heterocycles. The number of anilines is 4. The molecule has 2 aliphatic rings. The Morgan fingerprint density at radius 1 is 1.28 bits per heavy atom. The summed E-state index contributed by atoms with van der Waals surface area (Å²) in [5.74, 6) is 1.49. The van der Waals surface area contributed by atoms with Crippen LogP contribution >= 0.6 is 0 Å². The van der Waals surface area contributed by atoms with E-state index in [2.05, 4.69) is 21.6 Å². The number of fused-ring (bicyclic) bond motifs is 1. The lowest BCUT2D eigenvalue weighted by Crippen LogP contribution is -2.31. The first-order valence-electron chi connectivity index (χ1n) is 10.0. The molecular weight excluding hydrogens is 366 g/mol. The van der Waals surface area contributed by atoms with Crippen LogP contribution in [0.15, 0.2) is 18.2 Å². The van der Waals surface area contributed by atoms with Crippen molar-refractivity contribution in [3.63, 3.8) is 0 Å². The number of nitrogen functional groups attached to an aromatic ring is 1. The van der Waals surface area contributed by atoms with Crippen molar-refractivity contribution in [3.8, 4) is 6.07 Å². The standard InChI is InChI=1S/C21H25N7O/c1-24-20(29)14-6-7-28(12-14)19-17-4-2-3-5-18(17)26-21(27-19)25-16-9-13(11-22)8-15(23)10-16/h8-10,14H,2-7,12,23H2,1H3,(H,24,29)(H,25,26,27)/t14-/m0/s1. The first-order valence-corrected chi connectivity index (χ1v) is 10.0. The Kier molecular flexibility index (Phi) is 5.21. The molecule has 0 bridgehead atoms. The molecule has 2 heterocycles. The smallest absolute Gasteiger partial charge is 0.229 e. The third-order valence-electron chi connectivity index (χ3n) is 5.61. The molecule has 1 fully saturated rings. The van der Waals surface area contributed by atoms with Gasteiger partial charge in [0.15, 0.2) is 0 Å². The highest BCUT2D eigenvalue weighted by Gasteiger charge is 2.31. The Morgan fingerprint density at radius 3 is 2.90 bits per heavy atom. The summed E-state index contributed by atoms with van der Waals surface area (Å²) in [6.45, 7) is 1.47. The van der Waals surface area contributed by atoms with Crippen LogP contribution in [-0.2, 0) is 17.6 Å². The van der Waals surface area contributed by atoms with E-state index in [1.165, 1.54) is 5.56 Å². The van der Waals surface area contributed by atoms with Gasteiger partial charge in [0.2, 0.25) is 11.9 Å². The second-order valence-corrected chi connectivity index (χ2v) is 7.63. The normalized spacial score (nSPS) is 18.1. The second-order valence-electron chi connectivity index (χ2n) is 7.63. The zero-order chi connectivity index (χ0) is 20.4. The van der Waals surface area contributed by atoms with E-state index < -0.39 is 0 Å². The second kappa shape index (κ2) is 7.95. The van der Waals surface area contributed by atoms with Crippen LogP contribution in [0.2, 0.25) is 0 Å². The van der Waals surface area contributed by atoms with Crippen molar-refractivity contribution in [3.05, 3.63) is 35.0 Å². The predicted molar refractivity (Wildman–Crippen MR) is 112 cm³/mol. The lowest BCUT2D eigenvalue weighted by Gasteiger charge is -2.25. The molecule has 4 rings (SSSR count). The molecule has 29 heavy (non-hydrogen) atoms. The van der Waals surface area contributed by atoms with Gasteiger partial charge in [-0.15, -0.1) is 0 Å². The van der Waals surface area contributed by atoms with Gasteiger partial charge >= 0.3 is 0 Å². The number of benzene rings is 1. The molecule has 150 valence electrons. The lowest BCUT2D eigenvalue weighted by molar-refractivity contribution is -0.123. The van der Waals surface area contributed by atoms with Crippen LogP contribution in [-0.4, -0.2) is 36.0 Å². The zero-order valence-corrected chi connectivity index (χ0v) is 16.5. The summed E-state index contributed by atoms with van der Waals surface area (Å²) < 4.78 is 0. The Morgan fingerprint density at radius 2 is 2.10 bits per heavy atom. The van der Waals surface area contributed by atoms with Crippen molar-refractivity contribution < 1.29 is 4.79 Å².